The Morgan fingerprint density at radius 3 is 2.39 bits per heavy atom. The molecule has 1 amide bonds. The van der Waals surface area contributed by atoms with Crippen molar-refractivity contribution in [1.82, 2.24) is 14.5 Å². The third-order valence-electron chi connectivity index (χ3n) is 5.44. The molecule has 31 heavy (non-hydrogen) atoms. The number of benzene rings is 2. The Bertz CT molecular complexity index is 1080. The lowest BCUT2D eigenvalue weighted by atomic mass is 10.1. The first-order chi connectivity index (χ1) is 14.7. The van der Waals surface area contributed by atoms with Crippen LogP contribution in [0.2, 0.25) is 0 Å². The van der Waals surface area contributed by atoms with E-state index in [1.807, 2.05) is 36.1 Å². The Kier molecular flexibility index (Phi) is 7.04. The van der Waals surface area contributed by atoms with Crippen LogP contribution in [0.1, 0.15) is 16.7 Å². The fraction of sp³-hybridized carbons (Fsp3) is 0.381. The Labute approximate surface area is 181 Å². The molecule has 10 heteroatoms. The van der Waals surface area contributed by atoms with Crippen LogP contribution in [0.4, 0.5) is 5.69 Å². The van der Waals surface area contributed by atoms with Crippen LogP contribution >= 0.6 is 0 Å². The van der Waals surface area contributed by atoms with E-state index < -0.39 is 14.9 Å². The van der Waals surface area contributed by atoms with Crippen LogP contribution in [0.3, 0.4) is 0 Å². The number of rotatable bonds is 7. The van der Waals surface area contributed by atoms with Gasteiger partial charge < -0.3 is 5.32 Å². The van der Waals surface area contributed by atoms with E-state index in [-0.39, 0.29) is 36.1 Å². The van der Waals surface area contributed by atoms with Crippen molar-refractivity contribution in [2.24, 2.45) is 0 Å². The standard InChI is InChI=1S/C21H26N4O5S/c1-16-5-3-4-6-18(16)14-22-21(26)15-23-9-11-24(12-10-23)31(29,30)20-13-19(25(27)28)8-7-17(20)2/h3-8,13H,9-12,14-15H2,1-2H3,(H,22,26). The summed E-state index contributed by atoms with van der Waals surface area (Å²) in [5.41, 5.74) is 2.37. The lowest BCUT2D eigenvalue weighted by Gasteiger charge is -2.33. The molecule has 0 bridgehead atoms. The molecule has 9 nitrogen and oxygen atoms in total. The van der Waals surface area contributed by atoms with Crippen LogP contribution in [-0.4, -0.2) is 61.2 Å². The molecule has 1 N–H and O–H groups in total. The van der Waals surface area contributed by atoms with Crippen LogP contribution in [0, 0.1) is 24.0 Å². The largest absolute Gasteiger partial charge is 0.351 e. The summed E-state index contributed by atoms with van der Waals surface area (Å²) in [5.74, 6) is -0.117. The van der Waals surface area contributed by atoms with Gasteiger partial charge in [-0.1, -0.05) is 30.3 Å². The number of nitrogens with one attached hydrogen (secondary N) is 1. The van der Waals surface area contributed by atoms with Crippen molar-refractivity contribution in [3.8, 4) is 0 Å². The Hall–Kier alpha value is -2.82. The molecule has 2 aromatic carbocycles. The zero-order chi connectivity index (χ0) is 22.6. The molecule has 1 heterocycles. The van der Waals surface area contributed by atoms with Crippen LogP contribution in [0.25, 0.3) is 0 Å². The molecule has 2 aromatic rings. The average Bonchev–Trinajstić information content (AvgIpc) is 2.73. The zero-order valence-corrected chi connectivity index (χ0v) is 18.4. The van der Waals surface area contributed by atoms with Crippen molar-refractivity contribution >= 4 is 21.6 Å². The van der Waals surface area contributed by atoms with E-state index in [1.165, 1.54) is 16.4 Å². The van der Waals surface area contributed by atoms with Crippen LogP contribution in [0.5, 0.6) is 0 Å². The van der Waals surface area contributed by atoms with Crippen LogP contribution < -0.4 is 5.32 Å². The first-order valence-corrected chi connectivity index (χ1v) is 11.4. The number of non-ortho nitro benzene ring substituents is 1. The number of carbonyl (C=O) groups is 1. The molecule has 0 aromatic heterocycles. The van der Waals surface area contributed by atoms with Crippen LogP contribution in [0.15, 0.2) is 47.4 Å². The van der Waals surface area contributed by atoms with E-state index in [0.717, 1.165) is 17.2 Å². The van der Waals surface area contributed by atoms with Crippen molar-refractivity contribution in [1.29, 1.82) is 0 Å². The van der Waals surface area contributed by atoms with Gasteiger partial charge in [0.05, 0.1) is 16.4 Å². The van der Waals surface area contributed by atoms with Gasteiger partial charge in [0.2, 0.25) is 15.9 Å². The summed E-state index contributed by atoms with van der Waals surface area (Å²) in [5, 5.41) is 13.9. The lowest BCUT2D eigenvalue weighted by molar-refractivity contribution is -0.385. The number of nitrogens with zero attached hydrogens (tertiary/aromatic N) is 3. The van der Waals surface area contributed by atoms with Crippen molar-refractivity contribution in [2.45, 2.75) is 25.3 Å². The summed E-state index contributed by atoms with van der Waals surface area (Å²) < 4.78 is 27.3. The highest BCUT2D eigenvalue weighted by molar-refractivity contribution is 7.89. The number of carbonyl (C=O) groups excluding carboxylic acids is 1. The number of piperazine rings is 1. The molecule has 3 rings (SSSR count). The second kappa shape index (κ2) is 9.54. The highest BCUT2D eigenvalue weighted by atomic mass is 32.2. The first kappa shape index (κ1) is 22.9. The first-order valence-electron chi connectivity index (χ1n) is 9.97. The second-order valence-corrected chi connectivity index (χ2v) is 9.50. The van der Waals surface area contributed by atoms with Crippen molar-refractivity contribution in [3.63, 3.8) is 0 Å². The number of hydrogen-bond acceptors (Lipinski definition) is 6. The van der Waals surface area contributed by atoms with Gasteiger partial charge in [-0.05, 0) is 30.5 Å². The van der Waals surface area contributed by atoms with Gasteiger partial charge >= 0.3 is 0 Å². The molecule has 0 saturated carbocycles. The Balaban J connectivity index is 1.56. The van der Waals surface area contributed by atoms with E-state index >= 15 is 0 Å². The predicted molar refractivity (Wildman–Crippen MR) is 116 cm³/mol. The van der Waals surface area contributed by atoms with E-state index in [4.69, 9.17) is 0 Å². The maximum Gasteiger partial charge on any atom is 0.270 e. The minimum absolute atomic E-state index is 0.0499. The Morgan fingerprint density at radius 2 is 1.74 bits per heavy atom. The maximum atomic E-state index is 13.0. The third-order valence-corrected chi connectivity index (χ3v) is 7.48. The van der Waals surface area contributed by atoms with Gasteiger partial charge in [-0.15, -0.1) is 0 Å². The summed E-state index contributed by atoms with van der Waals surface area (Å²) >= 11 is 0. The number of nitro benzene ring substituents is 1. The normalized spacial score (nSPS) is 15.5. The summed E-state index contributed by atoms with van der Waals surface area (Å²) in [6.45, 7) is 5.50. The van der Waals surface area contributed by atoms with Crippen molar-refractivity contribution in [3.05, 3.63) is 69.3 Å². The molecule has 166 valence electrons. The fourth-order valence-electron chi connectivity index (χ4n) is 3.51. The summed E-state index contributed by atoms with van der Waals surface area (Å²) in [4.78, 5) is 24.6. The van der Waals surface area contributed by atoms with E-state index in [0.29, 0.717) is 25.2 Å². The molecule has 1 aliphatic heterocycles. The lowest BCUT2D eigenvalue weighted by Crippen LogP contribution is -2.51. The van der Waals surface area contributed by atoms with Gasteiger partial charge in [-0.3, -0.25) is 19.8 Å². The van der Waals surface area contributed by atoms with E-state index in [9.17, 15) is 23.3 Å². The molecule has 0 atom stereocenters. The molecule has 0 aliphatic carbocycles. The predicted octanol–water partition coefficient (Wildman–Crippen LogP) is 1.83. The topological polar surface area (TPSA) is 113 Å². The number of amides is 1. The molecule has 0 unspecified atom stereocenters. The molecule has 0 radical (unpaired) electrons. The molecule has 1 fully saturated rings. The zero-order valence-electron chi connectivity index (χ0n) is 17.6. The van der Waals surface area contributed by atoms with Gasteiger partial charge in [0.25, 0.3) is 5.69 Å². The summed E-state index contributed by atoms with van der Waals surface area (Å²) in [6, 6.07) is 11.7. The SMILES string of the molecule is Cc1ccccc1CNC(=O)CN1CCN(S(=O)(=O)c2cc([N+](=O)[O-])ccc2C)CC1. The van der Waals surface area contributed by atoms with Gasteiger partial charge in [0, 0.05) is 44.9 Å². The highest BCUT2D eigenvalue weighted by Crippen LogP contribution is 2.25. The van der Waals surface area contributed by atoms with Crippen molar-refractivity contribution in [2.75, 3.05) is 32.7 Å². The minimum atomic E-state index is -3.85. The third kappa shape index (κ3) is 5.46. The molecular weight excluding hydrogens is 420 g/mol. The molecule has 1 aliphatic rings. The van der Waals surface area contributed by atoms with Gasteiger partial charge in [0.1, 0.15) is 0 Å². The number of sulfonamides is 1. The average molecular weight is 447 g/mol. The fourth-order valence-corrected chi connectivity index (χ4v) is 5.18. The Morgan fingerprint density at radius 1 is 1.06 bits per heavy atom. The smallest absolute Gasteiger partial charge is 0.270 e. The molecule has 0 spiro atoms. The number of hydrogen-bond donors (Lipinski definition) is 1. The number of aryl methyl sites for hydroxylation is 2. The van der Waals surface area contributed by atoms with Crippen LogP contribution in [-0.2, 0) is 21.4 Å². The monoisotopic (exact) mass is 446 g/mol. The number of nitro groups is 1. The second-order valence-electron chi connectivity index (χ2n) is 7.59. The van der Waals surface area contributed by atoms with Crippen molar-refractivity contribution < 1.29 is 18.1 Å². The van der Waals surface area contributed by atoms with Gasteiger partial charge in [0.15, 0.2) is 0 Å². The maximum absolute atomic E-state index is 13.0. The van der Waals surface area contributed by atoms with Gasteiger partial charge in [-0.2, -0.15) is 4.31 Å². The molecule has 1 saturated heterocycles. The van der Waals surface area contributed by atoms with E-state index in [2.05, 4.69) is 5.32 Å². The minimum Gasteiger partial charge on any atom is -0.351 e. The summed E-state index contributed by atoms with van der Waals surface area (Å²) in [7, 11) is -3.85. The summed E-state index contributed by atoms with van der Waals surface area (Å²) in [6.07, 6.45) is 0. The van der Waals surface area contributed by atoms with Gasteiger partial charge in [-0.25, -0.2) is 8.42 Å². The van der Waals surface area contributed by atoms with E-state index in [1.54, 1.807) is 6.92 Å². The molecular formula is C21H26N4O5S. The quantitative estimate of drug-likeness (QED) is 0.513. The highest BCUT2D eigenvalue weighted by Gasteiger charge is 2.31.